The number of sulfonamides is 1. The number of pyridine rings is 1. The zero-order valence-electron chi connectivity index (χ0n) is 20.0. The van der Waals surface area contributed by atoms with E-state index in [1.54, 1.807) is 25.1 Å². The highest BCUT2D eigenvalue weighted by atomic mass is 32.2. The average Bonchev–Trinajstić information content (AvgIpc) is 2.81. The van der Waals surface area contributed by atoms with Crippen LogP contribution >= 0.6 is 0 Å². The molecule has 2 heterocycles. The fraction of sp³-hybridized carbons (Fsp3) is 0.500. The van der Waals surface area contributed by atoms with Crippen molar-refractivity contribution in [3.05, 3.63) is 53.9 Å². The Hall–Kier alpha value is -2.33. The number of anilines is 1. The van der Waals surface area contributed by atoms with Crippen LogP contribution in [-0.4, -0.2) is 78.7 Å². The zero-order valence-corrected chi connectivity index (χ0v) is 20.8. The lowest BCUT2D eigenvalue weighted by atomic mass is 10.2. The van der Waals surface area contributed by atoms with Crippen LogP contribution in [0.2, 0.25) is 0 Å². The Morgan fingerprint density at radius 1 is 1.12 bits per heavy atom. The Kier molecular flexibility index (Phi) is 8.58. The van der Waals surface area contributed by atoms with E-state index in [-0.39, 0.29) is 16.8 Å². The van der Waals surface area contributed by atoms with Crippen LogP contribution in [0.3, 0.4) is 0 Å². The quantitative estimate of drug-likeness (QED) is 0.603. The first-order chi connectivity index (χ1) is 15.8. The van der Waals surface area contributed by atoms with E-state index in [0.29, 0.717) is 24.3 Å². The van der Waals surface area contributed by atoms with Gasteiger partial charge in [-0.2, -0.15) is 4.31 Å². The fourth-order valence-electron chi connectivity index (χ4n) is 4.10. The molecule has 1 aromatic carbocycles. The van der Waals surface area contributed by atoms with Gasteiger partial charge in [0.1, 0.15) is 0 Å². The Bertz CT molecular complexity index is 1030. The molecule has 3 rings (SSSR count). The molecular weight excluding hydrogens is 438 g/mol. The van der Waals surface area contributed by atoms with Crippen LogP contribution in [-0.2, 0) is 21.4 Å². The molecule has 33 heavy (non-hydrogen) atoms. The van der Waals surface area contributed by atoms with E-state index in [1.165, 1.54) is 4.31 Å². The number of nitrogens with one attached hydrogen (secondary N) is 1. The molecule has 8 nitrogen and oxygen atoms in total. The lowest BCUT2D eigenvalue weighted by molar-refractivity contribution is -0.121. The summed E-state index contributed by atoms with van der Waals surface area (Å²) in [6, 6.07) is 10.7. The van der Waals surface area contributed by atoms with Crippen molar-refractivity contribution >= 4 is 21.6 Å². The van der Waals surface area contributed by atoms with Crippen LogP contribution in [0.25, 0.3) is 0 Å². The van der Waals surface area contributed by atoms with Crippen LogP contribution in [0.4, 0.5) is 5.69 Å². The van der Waals surface area contributed by atoms with E-state index in [1.807, 2.05) is 45.2 Å². The molecule has 9 heteroatoms. The number of hydrogen-bond donors (Lipinski definition) is 1. The maximum Gasteiger partial charge on any atom is 0.243 e. The molecule has 180 valence electrons. The van der Waals surface area contributed by atoms with Crippen molar-refractivity contribution in [2.24, 2.45) is 0 Å². The summed E-state index contributed by atoms with van der Waals surface area (Å²) in [7, 11) is -3.60. The molecule has 1 N–H and O–H groups in total. The van der Waals surface area contributed by atoms with Gasteiger partial charge in [0.2, 0.25) is 15.9 Å². The zero-order chi connectivity index (χ0) is 24.0. The fourth-order valence-corrected chi connectivity index (χ4v) is 5.81. The van der Waals surface area contributed by atoms with Gasteiger partial charge >= 0.3 is 0 Å². The first-order valence-electron chi connectivity index (χ1n) is 11.5. The number of nitrogens with zero attached hydrogens (tertiary/aromatic N) is 4. The normalized spacial score (nSPS) is 16.6. The second-order valence-corrected chi connectivity index (χ2v) is 10.3. The maximum absolute atomic E-state index is 13.0. The molecule has 0 aliphatic carbocycles. The maximum atomic E-state index is 13.0. The highest BCUT2D eigenvalue weighted by Crippen LogP contribution is 2.24. The second-order valence-electron chi connectivity index (χ2n) is 8.37. The summed E-state index contributed by atoms with van der Waals surface area (Å²) >= 11 is 0. The number of hydrogen-bond acceptors (Lipinski definition) is 6. The van der Waals surface area contributed by atoms with Gasteiger partial charge in [0.15, 0.2) is 0 Å². The van der Waals surface area contributed by atoms with Gasteiger partial charge in [-0.1, -0.05) is 26.0 Å². The van der Waals surface area contributed by atoms with Crippen molar-refractivity contribution in [2.45, 2.75) is 45.2 Å². The Labute approximate surface area is 197 Å². The van der Waals surface area contributed by atoms with Gasteiger partial charge in [-0.05, 0) is 43.7 Å². The van der Waals surface area contributed by atoms with Gasteiger partial charge in [0, 0.05) is 57.7 Å². The molecule has 1 atom stereocenters. The predicted molar refractivity (Wildman–Crippen MR) is 130 cm³/mol. The molecule has 1 fully saturated rings. The van der Waals surface area contributed by atoms with Gasteiger partial charge in [-0.25, -0.2) is 8.42 Å². The molecule has 1 unspecified atom stereocenters. The van der Waals surface area contributed by atoms with E-state index in [2.05, 4.69) is 20.1 Å². The summed E-state index contributed by atoms with van der Waals surface area (Å²) in [5, 5.41) is 2.92. The summed E-state index contributed by atoms with van der Waals surface area (Å²) in [6.45, 7) is 12.2. The van der Waals surface area contributed by atoms with E-state index in [4.69, 9.17) is 0 Å². The SMILES string of the molecule is CCN(CC)S(=O)(=O)c1cc(NC(=O)C(C)N2CCN(Cc3ccccn3)CC2)ccc1C. The Morgan fingerprint density at radius 3 is 2.42 bits per heavy atom. The lowest BCUT2D eigenvalue weighted by Crippen LogP contribution is -2.52. The standard InChI is InChI=1S/C24H35N5O3S/c1-5-29(6-2)33(31,32)23-17-21(11-10-19(23)3)26-24(30)20(4)28-15-13-27(14-16-28)18-22-9-7-8-12-25-22/h7-12,17,20H,5-6,13-16,18H2,1-4H3,(H,26,30). The van der Waals surface area contributed by atoms with Crippen LogP contribution < -0.4 is 5.32 Å². The molecule has 1 aliphatic heterocycles. The summed E-state index contributed by atoms with van der Waals surface area (Å²) in [4.78, 5) is 22.1. The molecular formula is C24H35N5O3S. The van der Waals surface area contributed by atoms with E-state index in [0.717, 1.165) is 38.4 Å². The van der Waals surface area contributed by atoms with Crippen LogP contribution in [0.1, 0.15) is 32.0 Å². The molecule has 1 aliphatic rings. The number of amides is 1. The number of rotatable bonds is 9. The molecule has 1 saturated heterocycles. The first kappa shape index (κ1) is 25.3. The van der Waals surface area contributed by atoms with Gasteiger partial charge in [0.25, 0.3) is 0 Å². The molecule has 2 aromatic rings. The first-order valence-corrected chi connectivity index (χ1v) is 13.0. The summed E-state index contributed by atoms with van der Waals surface area (Å²) in [6.07, 6.45) is 1.81. The molecule has 1 aromatic heterocycles. The Balaban J connectivity index is 1.61. The number of benzene rings is 1. The minimum Gasteiger partial charge on any atom is -0.325 e. The van der Waals surface area contributed by atoms with Crippen LogP contribution in [0, 0.1) is 6.92 Å². The third-order valence-electron chi connectivity index (χ3n) is 6.22. The van der Waals surface area contributed by atoms with Crippen molar-refractivity contribution in [1.82, 2.24) is 19.1 Å². The second kappa shape index (κ2) is 11.2. The highest BCUT2D eigenvalue weighted by molar-refractivity contribution is 7.89. The van der Waals surface area contributed by atoms with Crippen molar-refractivity contribution in [3.63, 3.8) is 0 Å². The van der Waals surface area contributed by atoms with Gasteiger partial charge in [0.05, 0.1) is 16.6 Å². The van der Waals surface area contributed by atoms with Crippen molar-refractivity contribution in [1.29, 1.82) is 0 Å². The number of piperazine rings is 1. The third-order valence-corrected chi connectivity index (χ3v) is 8.42. The predicted octanol–water partition coefficient (Wildman–Crippen LogP) is 2.57. The topological polar surface area (TPSA) is 85.8 Å². The summed E-state index contributed by atoms with van der Waals surface area (Å²) < 4.78 is 27.4. The molecule has 0 spiro atoms. The van der Waals surface area contributed by atoms with Crippen molar-refractivity contribution in [2.75, 3.05) is 44.6 Å². The van der Waals surface area contributed by atoms with Crippen molar-refractivity contribution < 1.29 is 13.2 Å². The molecule has 0 saturated carbocycles. The Morgan fingerprint density at radius 2 is 1.82 bits per heavy atom. The van der Waals surface area contributed by atoms with E-state index in [9.17, 15) is 13.2 Å². The van der Waals surface area contributed by atoms with Crippen LogP contribution in [0.5, 0.6) is 0 Å². The van der Waals surface area contributed by atoms with Crippen LogP contribution in [0.15, 0.2) is 47.5 Å². The number of carbonyl (C=O) groups is 1. The minimum atomic E-state index is -3.60. The van der Waals surface area contributed by atoms with E-state index < -0.39 is 10.0 Å². The number of carbonyl (C=O) groups excluding carboxylic acids is 1. The average molecular weight is 474 g/mol. The van der Waals surface area contributed by atoms with Gasteiger partial charge < -0.3 is 5.32 Å². The lowest BCUT2D eigenvalue weighted by Gasteiger charge is -2.37. The molecule has 0 radical (unpaired) electrons. The van der Waals surface area contributed by atoms with Gasteiger partial charge in [-0.15, -0.1) is 0 Å². The van der Waals surface area contributed by atoms with Gasteiger partial charge in [-0.3, -0.25) is 19.6 Å². The summed E-state index contributed by atoms with van der Waals surface area (Å²) in [5.74, 6) is -0.136. The monoisotopic (exact) mass is 473 g/mol. The highest BCUT2D eigenvalue weighted by Gasteiger charge is 2.27. The van der Waals surface area contributed by atoms with E-state index >= 15 is 0 Å². The smallest absolute Gasteiger partial charge is 0.243 e. The number of aryl methyl sites for hydroxylation is 1. The molecule has 1 amide bonds. The third kappa shape index (κ3) is 6.17. The van der Waals surface area contributed by atoms with Crippen molar-refractivity contribution in [3.8, 4) is 0 Å². The summed E-state index contributed by atoms with van der Waals surface area (Å²) in [5.41, 5.74) is 2.21. The molecule has 0 bridgehead atoms. The minimum absolute atomic E-state index is 0.136. The number of aromatic nitrogens is 1. The largest absolute Gasteiger partial charge is 0.325 e.